The summed E-state index contributed by atoms with van der Waals surface area (Å²) in [4.78, 5) is 31.8. The van der Waals surface area contributed by atoms with Gasteiger partial charge in [0.05, 0.1) is 13.2 Å². The average Bonchev–Trinajstić information content (AvgIpc) is 2.04. The van der Waals surface area contributed by atoms with Crippen molar-refractivity contribution in [2.75, 3.05) is 13.2 Å². The number of hydrogen-bond acceptors (Lipinski definition) is 5. The highest BCUT2D eigenvalue weighted by Crippen LogP contribution is 1.78. The number of carbonyl (C=O) groups is 3. The van der Waals surface area contributed by atoms with Gasteiger partial charge < -0.3 is 4.74 Å². The number of nitrogens with one attached hydrogen (secondary N) is 2. The Bertz CT molecular complexity index is 215. The maximum Gasteiger partial charge on any atom is 0.376 e. The first kappa shape index (κ1) is 11.6. The summed E-state index contributed by atoms with van der Waals surface area (Å²) >= 11 is 0. The van der Waals surface area contributed by atoms with Gasteiger partial charge in [-0.25, -0.2) is 10.2 Å². The van der Waals surface area contributed by atoms with E-state index < -0.39 is 11.8 Å². The van der Waals surface area contributed by atoms with E-state index in [1.165, 1.54) is 6.92 Å². The zero-order chi connectivity index (χ0) is 10.3. The van der Waals surface area contributed by atoms with E-state index in [0.29, 0.717) is 0 Å². The fourth-order valence-electron chi connectivity index (χ4n) is 0.533. The Morgan fingerprint density at radius 2 is 1.92 bits per heavy atom. The van der Waals surface area contributed by atoms with Gasteiger partial charge in [0.15, 0.2) is 0 Å². The summed E-state index contributed by atoms with van der Waals surface area (Å²) in [6.45, 7) is 2.78. The van der Waals surface area contributed by atoms with Gasteiger partial charge in [-0.05, 0) is 6.92 Å². The van der Waals surface area contributed by atoms with E-state index in [-0.39, 0.29) is 19.1 Å². The van der Waals surface area contributed by atoms with E-state index in [9.17, 15) is 14.4 Å². The number of ether oxygens (including phenoxy) is 1. The molecule has 0 aromatic heterocycles. The lowest BCUT2D eigenvalue weighted by atomic mass is 10.4. The summed E-state index contributed by atoms with van der Waals surface area (Å²) in [6.07, 6.45) is 0. The minimum atomic E-state index is -0.902. The van der Waals surface area contributed by atoms with Crippen LogP contribution in [0.1, 0.15) is 13.8 Å². The molecule has 6 heteroatoms. The zero-order valence-electron chi connectivity index (χ0n) is 7.55. The molecule has 0 rings (SSSR count). The van der Waals surface area contributed by atoms with Gasteiger partial charge >= 0.3 is 5.97 Å². The Morgan fingerprint density at radius 1 is 1.31 bits per heavy atom. The average molecular weight is 188 g/mol. The number of hydrazine groups is 1. The van der Waals surface area contributed by atoms with E-state index in [1.807, 2.05) is 0 Å². The Morgan fingerprint density at radius 3 is 2.38 bits per heavy atom. The van der Waals surface area contributed by atoms with Gasteiger partial charge in [0.2, 0.25) is 5.91 Å². The first-order chi connectivity index (χ1) is 6.07. The zero-order valence-corrected chi connectivity index (χ0v) is 7.55. The molecule has 0 spiro atoms. The van der Waals surface area contributed by atoms with Crippen LogP contribution in [0.5, 0.6) is 0 Å². The number of rotatable bonds is 5. The molecule has 0 fully saturated rings. The summed E-state index contributed by atoms with van der Waals surface area (Å²) in [5, 5.41) is 0. The number of hydrogen-bond donors (Lipinski definition) is 2. The lowest BCUT2D eigenvalue weighted by Crippen LogP contribution is -2.41. The van der Waals surface area contributed by atoms with Crippen LogP contribution in [0.2, 0.25) is 0 Å². The molecule has 0 aromatic rings. The van der Waals surface area contributed by atoms with Crippen molar-refractivity contribution in [1.29, 1.82) is 0 Å². The first-order valence-corrected chi connectivity index (χ1v) is 3.77. The molecule has 0 aliphatic carbocycles. The van der Waals surface area contributed by atoms with Crippen LogP contribution >= 0.6 is 0 Å². The van der Waals surface area contributed by atoms with Crippen molar-refractivity contribution < 1.29 is 19.1 Å². The normalized spacial score (nSPS) is 9.08. The Hall–Kier alpha value is -1.43. The first-order valence-electron chi connectivity index (χ1n) is 3.77. The van der Waals surface area contributed by atoms with E-state index in [2.05, 4.69) is 15.6 Å². The molecule has 0 heterocycles. The van der Waals surface area contributed by atoms with E-state index in [0.717, 1.165) is 0 Å². The van der Waals surface area contributed by atoms with Gasteiger partial charge in [-0.3, -0.25) is 15.0 Å². The molecule has 74 valence electrons. The van der Waals surface area contributed by atoms with Gasteiger partial charge in [-0.15, -0.1) is 0 Å². The molecule has 0 atom stereocenters. The van der Waals surface area contributed by atoms with Crippen LogP contribution in [-0.2, 0) is 19.1 Å². The largest absolute Gasteiger partial charge is 0.460 e. The van der Waals surface area contributed by atoms with Crippen molar-refractivity contribution >= 4 is 17.7 Å². The van der Waals surface area contributed by atoms with Crippen molar-refractivity contribution in [3.63, 3.8) is 0 Å². The summed E-state index contributed by atoms with van der Waals surface area (Å²) in [6, 6.07) is 0. The Labute approximate surface area is 75.6 Å². The van der Waals surface area contributed by atoms with Gasteiger partial charge in [-0.2, -0.15) is 0 Å². The van der Waals surface area contributed by atoms with Gasteiger partial charge in [0.1, 0.15) is 0 Å². The molecule has 0 radical (unpaired) electrons. The van der Waals surface area contributed by atoms with Crippen LogP contribution in [0, 0.1) is 0 Å². The number of Topliss-reactive ketones (excluding diaryl/α,β-unsaturated/α-hetero) is 1. The minimum absolute atomic E-state index is 0.157. The minimum Gasteiger partial charge on any atom is -0.460 e. The molecule has 13 heavy (non-hydrogen) atoms. The molecule has 2 N–H and O–H groups in total. The van der Waals surface area contributed by atoms with Crippen LogP contribution in [0.3, 0.4) is 0 Å². The predicted octanol–water partition coefficient (Wildman–Crippen LogP) is -1.24. The van der Waals surface area contributed by atoms with Crippen LogP contribution in [0.4, 0.5) is 0 Å². The van der Waals surface area contributed by atoms with Crippen LogP contribution in [0.15, 0.2) is 0 Å². The van der Waals surface area contributed by atoms with Gasteiger partial charge in [-0.1, -0.05) is 0 Å². The third-order valence-corrected chi connectivity index (χ3v) is 1.02. The predicted molar refractivity (Wildman–Crippen MR) is 43.5 cm³/mol. The molecule has 0 bridgehead atoms. The number of carbonyl (C=O) groups excluding carboxylic acids is 3. The van der Waals surface area contributed by atoms with Crippen molar-refractivity contribution in [2.45, 2.75) is 13.8 Å². The smallest absolute Gasteiger partial charge is 0.376 e. The second-order valence-electron chi connectivity index (χ2n) is 2.18. The Balaban J connectivity index is 3.62. The summed E-state index contributed by atoms with van der Waals surface area (Å²) in [7, 11) is 0. The fraction of sp³-hybridized carbons (Fsp3) is 0.571. The maximum absolute atomic E-state index is 10.8. The molecule has 0 saturated heterocycles. The molecule has 6 nitrogen and oxygen atoms in total. The van der Waals surface area contributed by atoms with Crippen LogP contribution < -0.4 is 10.9 Å². The second-order valence-corrected chi connectivity index (χ2v) is 2.18. The third-order valence-electron chi connectivity index (χ3n) is 1.02. The Kier molecular flexibility index (Phi) is 5.45. The molecule has 0 aliphatic heterocycles. The molecular formula is C7H12N2O4. The maximum atomic E-state index is 10.8. The molecule has 1 amide bonds. The highest BCUT2D eigenvalue weighted by Gasteiger charge is 2.13. The van der Waals surface area contributed by atoms with Crippen molar-refractivity contribution in [3.8, 4) is 0 Å². The van der Waals surface area contributed by atoms with Crippen molar-refractivity contribution in [3.05, 3.63) is 0 Å². The molecular weight excluding hydrogens is 176 g/mol. The topological polar surface area (TPSA) is 84.5 Å². The van der Waals surface area contributed by atoms with E-state index in [1.54, 1.807) is 6.92 Å². The summed E-state index contributed by atoms with van der Waals surface area (Å²) in [5.74, 6) is -1.97. The lowest BCUT2D eigenvalue weighted by molar-refractivity contribution is -0.153. The van der Waals surface area contributed by atoms with E-state index in [4.69, 9.17) is 0 Å². The molecule has 0 saturated carbocycles. The van der Waals surface area contributed by atoms with E-state index >= 15 is 0 Å². The molecule has 0 unspecified atom stereocenters. The quantitative estimate of drug-likeness (QED) is 0.320. The lowest BCUT2D eigenvalue weighted by Gasteiger charge is -2.03. The van der Waals surface area contributed by atoms with Gasteiger partial charge in [0.25, 0.3) is 5.78 Å². The van der Waals surface area contributed by atoms with Crippen molar-refractivity contribution in [1.82, 2.24) is 10.9 Å². The highest BCUT2D eigenvalue weighted by molar-refractivity contribution is 6.34. The standard InChI is InChI=1S/C7H12N2O4/c1-3-13-7(12)6(11)4-8-9-5(2)10/h8H,3-4H2,1-2H3,(H,9,10). The number of esters is 1. The second kappa shape index (κ2) is 6.13. The fourth-order valence-corrected chi connectivity index (χ4v) is 0.533. The number of ketones is 1. The third kappa shape index (κ3) is 5.80. The number of amides is 1. The van der Waals surface area contributed by atoms with Crippen molar-refractivity contribution in [2.24, 2.45) is 0 Å². The van der Waals surface area contributed by atoms with Crippen LogP contribution in [-0.4, -0.2) is 30.8 Å². The molecule has 0 aliphatic rings. The SMILES string of the molecule is CCOC(=O)C(=O)CNNC(C)=O. The summed E-state index contributed by atoms with van der Waals surface area (Å²) < 4.78 is 4.42. The van der Waals surface area contributed by atoms with Crippen LogP contribution in [0.25, 0.3) is 0 Å². The highest BCUT2D eigenvalue weighted by atomic mass is 16.5. The van der Waals surface area contributed by atoms with Gasteiger partial charge in [0, 0.05) is 6.92 Å². The summed E-state index contributed by atoms with van der Waals surface area (Å²) in [5.41, 5.74) is 4.43. The monoisotopic (exact) mass is 188 g/mol. The molecule has 0 aromatic carbocycles.